The molecule has 2 rings (SSSR count). The van der Waals surface area contributed by atoms with E-state index in [0.717, 1.165) is 12.8 Å². The van der Waals surface area contributed by atoms with Crippen LogP contribution in [0.3, 0.4) is 0 Å². The highest BCUT2D eigenvalue weighted by Crippen LogP contribution is 2.51. The number of carboxylic acids is 1. The Morgan fingerprint density at radius 3 is 2.57 bits per heavy atom. The molecule has 6 heteroatoms. The third-order valence-corrected chi connectivity index (χ3v) is 4.94. The zero-order valence-corrected chi connectivity index (χ0v) is 13.0. The van der Waals surface area contributed by atoms with Gasteiger partial charge in [-0.3, -0.25) is 4.79 Å². The van der Waals surface area contributed by atoms with E-state index in [-0.39, 0.29) is 12.0 Å². The molecule has 0 spiro atoms. The van der Waals surface area contributed by atoms with E-state index in [1.807, 2.05) is 20.8 Å². The van der Waals surface area contributed by atoms with Crippen molar-refractivity contribution in [2.45, 2.75) is 64.2 Å². The van der Waals surface area contributed by atoms with Gasteiger partial charge in [-0.1, -0.05) is 13.8 Å². The van der Waals surface area contributed by atoms with Crippen molar-refractivity contribution in [1.82, 2.24) is 5.32 Å². The average molecular weight is 299 g/mol. The van der Waals surface area contributed by atoms with Gasteiger partial charge >= 0.3 is 5.97 Å². The summed E-state index contributed by atoms with van der Waals surface area (Å²) in [5.74, 6) is -1.33. The molecule has 1 aliphatic heterocycles. The number of carbonyl (C=O) groups excluding carboxylic acids is 1. The molecular weight excluding hydrogens is 274 g/mol. The Morgan fingerprint density at radius 1 is 1.38 bits per heavy atom. The molecule has 1 saturated carbocycles. The second kappa shape index (κ2) is 5.93. The fraction of sp³-hybridized carbons (Fsp3) is 0.867. The van der Waals surface area contributed by atoms with Crippen molar-refractivity contribution < 1.29 is 24.2 Å². The predicted molar refractivity (Wildman–Crippen MR) is 75.9 cm³/mol. The van der Waals surface area contributed by atoms with Crippen LogP contribution in [0.15, 0.2) is 0 Å². The topological polar surface area (TPSA) is 84.9 Å². The van der Waals surface area contributed by atoms with Crippen LogP contribution < -0.4 is 5.32 Å². The first-order valence-corrected chi connectivity index (χ1v) is 7.64. The van der Waals surface area contributed by atoms with Crippen LogP contribution in [0.1, 0.15) is 46.5 Å². The molecule has 1 aliphatic carbocycles. The number of hydrogen-bond donors (Lipinski definition) is 2. The van der Waals surface area contributed by atoms with E-state index in [0.29, 0.717) is 26.1 Å². The van der Waals surface area contributed by atoms with Crippen molar-refractivity contribution >= 4 is 11.9 Å². The molecule has 2 fully saturated rings. The lowest BCUT2D eigenvalue weighted by atomic mass is 9.54. The van der Waals surface area contributed by atoms with Crippen LogP contribution in [0.5, 0.6) is 0 Å². The van der Waals surface area contributed by atoms with Gasteiger partial charge in [-0.15, -0.1) is 0 Å². The highest BCUT2D eigenvalue weighted by Gasteiger charge is 2.66. The van der Waals surface area contributed by atoms with E-state index < -0.39 is 23.0 Å². The molecule has 0 aromatic carbocycles. The van der Waals surface area contributed by atoms with Crippen molar-refractivity contribution in [2.75, 3.05) is 13.2 Å². The molecule has 0 aromatic heterocycles. The molecule has 3 unspecified atom stereocenters. The average Bonchev–Trinajstić information content (AvgIpc) is 2.46. The van der Waals surface area contributed by atoms with Gasteiger partial charge in [0.05, 0.1) is 6.10 Å². The number of aliphatic carboxylic acids is 1. The molecule has 1 heterocycles. The summed E-state index contributed by atoms with van der Waals surface area (Å²) in [5.41, 5.74) is -1.93. The maximum atomic E-state index is 12.3. The van der Waals surface area contributed by atoms with Gasteiger partial charge in [0.25, 0.3) is 0 Å². The minimum absolute atomic E-state index is 0.161. The van der Waals surface area contributed by atoms with Gasteiger partial charge in [0.2, 0.25) is 5.91 Å². The molecule has 6 nitrogen and oxygen atoms in total. The van der Waals surface area contributed by atoms with Crippen molar-refractivity contribution in [1.29, 1.82) is 0 Å². The minimum atomic E-state index is -1.27. The third kappa shape index (κ3) is 2.66. The number of amides is 1. The van der Waals surface area contributed by atoms with E-state index in [9.17, 15) is 14.7 Å². The molecule has 1 amide bonds. The Balaban J connectivity index is 2.10. The summed E-state index contributed by atoms with van der Waals surface area (Å²) >= 11 is 0. The Hall–Kier alpha value is -1.14. The fourth-order valence-corrected chi connectivity index (χ4v) is 3.28. The SMILES string of the molecule is CCOC1CC(NC(=O)C2CCCCO2)(C(=O)O)C1(C)C. The maximum absolute atomic E-state index is 12.3. The van der Waals surface area contributed by atoms with E-state index in [2.05, 4.69) is 5.32 Å². The first-order chi connectivity index (χ1) is 9.85. The Bertz CT molecular complexity index is 416. The molecule has 3 atom stereocenters. The van der Waals surface area contributed by atoms with Crippen LogP contribution in [-0.2, 0) is 19.1 Å². The van der Waals surface area contributed by atoms with Gasteiger partial charge in [0.1, 0.15) is 11.6 Å². The number of hydrogen-bond acceptors (Lipinski definition) is 4. The molecule has 2 aliphatic rings. The van der Waals surface area contributed by atoms with Crippen molar-refractivity contribution in [3.8, 4) is 0 Å². The van der Waals surface area contributed by atoms with E-state index in [1.54, 1.807) is 0 Å². The van der Waals surface area contributed by atoms with Crippen LogP contribution in [0, 0.1) is 5.41 Å². The summed E-state index contributed by atoms with van der Waals surface area (Å²) < 4.78 is 11.0. The van der Waals surface area contributed by atoms with E-state index >= 15 is 0 Å². The summed E-state index contributed by atoms with van der Waals surface area (Å²) in [4.78, 5) is 24.1. The van der Waals surface area contributed by atoms with Crippen LogP contribution in [0.25, 0.3) is 0 Å². The Kier molecular flexibility index (Phi) is 4.58. The second-order valence-electron chi connectivity index (χ2n) is 6.42. The second-order valence-corrected chi connectivity index (χ2v) is 6.42. The Labute approximate surface area is 125 Å². The molecule has 1 saturated heterocycles. The van der Waals surface area contributed by atoms with Crippen molar-refractivity contribution in [3.05, 3.63) is 0 Å². The first-order valence-electron chi connectivity index (χ1n) is 7.64. The lowest BCUT2D eigenvalue weighted by Crippen LogP contribution is -2.76. The van der Waals surface area contributed by atoms with Gasteiger partial charge in [-0.2, -0.15) is 0 Å². The van der Waals surface area contributed by atoms with Crippen LogP contribution in [-0.4, -0.2) is 47.9 Å². The molecule has 21 heavy (non-hydrogen) atoms. The first kappa shape index (κ1) is 16.2. The quantitative estimate of drug-likeness (QED) is 0.800. The van der Waals surface area contributed by atoms with Gasteiger partial charge in [-0.25, -0.2) is 4.79 Å². The van der Waals surface area contributed by atoms with Crippen LogP contribution in [0.4, 0.5) is 0 Å². The van der Waals surface area contributed by atoms with Gasteiger partial charge in [0.15, 0.2) is 0 Å². The van der Waals surface area contributed by atoms with Crippen LogP contribution in [0.2, 0.25) is 0 Å². The number of ether oxygens (including phenoxy) is 2. The standard InChI is InChI=1S/C15H25NO5/c1-4-20-11-9-15(13(18)19,14(11,2)3)16-12(17)10-7-5-6-8-21-10/h10-11H,4-9H2,1-3H3,(H,16,17)(H,18,19). The highest BCUT2D eigenvalue weighted by molar-refractivity contribution is 5.91. The van der Waals surface area contributed by atoms with Crippen LogP contribution >= 0.6 is 0 Å². The number of carbonyl (C=O) groups is 2. The molecule has 120 valence electrons. The molecule has 0 radical (unpaired) electrons. The highest BCUT2D eigenvalue weighted by atomic mass is 16.5. The van der Waals surface area contributed by atoms with Gasteiger partial charge < -0.3 is 19.9 Å². The summed E-state index contributed by atoms with van der Waals surface area (Å²) in [6, 6.07) is 0. The summed E-state index contributed by atoms with van der Waals surface area (Å²) in [6.07, 6.45) is 2.14. The van der Waals surface area contributed by atoms with Crippen molar-refractivity contribution in [3.63, 3.8) is 0 Å². The zero-order valence-electron chi connectivity index (χ0n) is 13.0. The smallest absolute Gasteiger partial charge is 0.330 e. The lowest BCUT2D eigenvalue weighted by Gasteiger charge is -2.58. The summed E-state index contributed by atoms with van der Waals surface area (Å²) in [6.45, 7) is 6.62. The van der Waals surface area contributed by atoms with E-state index in [4.69, 9.17) is 9.47 Å². The van der Waals surface area contributed by atoms with E-state index in [1.165, 1.54) is 0 Å². The molecule has 0 bridgehead atoms. The molecular formula is C15H25NO5. The molecule has 2 N–H and O–H groups in total. The predicted octanol–water partition coefficient (Wildman–Crippen LogP) is 1.33. The zero-order chi connectivity index (χ0) is 15.7. The Morgan fingerprint density at radius 2 is 2.10 bits per heavy atom. The monoisotopic (exact) mass is 299 g/mol. The van der Waals surface area contributed by atoms with Gasteiger partial charge in [-0.05, 0) is 26.2 Å². The lowest BCUT2D eigenvalue weighted by molar-refractivity contribution is -0.196. The summed E-state index contributed by atoms with van der Waals surface area (Å²) in [7, 11) is 0. The third-order valence-electron chi connectivity index (χ3n) is 4.94. The number of nitrogens with one attached hydrogen (secondary N) is 1. The number of rotatable bonds is 5. The molecule has 0 aromatic rings. The minimum Gasteiger partial charge on any atom is -0.479 e. The van der Waals surface area contributed by atoms with Crippen molar-refractivity contribution in [2.24, 2.45) is 5.41 Å². The summed E-state index contributed by atoms with van der Waals surface area (Å²) in [5, 5.41) is 12.4. The maximum Gasteiger partial charge on any atom is 0.330 e. The van der Waals surface area contributed by atoms with Gasteiger partial charge in [0, 0.05) is 25.0 Å². The largest absolute Gasteiger partial charge is 0.479 e. The normalized spacial score (nSPS) is 34.8. The number of carboxylic acid groups (broad SMARTS) is 1. The fourth-order valence-electron chi connectivity index (χ4n) is 3.28.